The molecule has 3 nitrogen and oxygen atoms in total. The molecule has 11 rings (SSSR count). The number of hydrogen-bond donors (Lipinski definition) is 0. The molecule has 2 heterocycles. The van der Waals surface area contributed by atoms with Crippen molar-refractivity contribution in [1.82, 2.24) is 9.97 Å². The maximum atomic E-state index is 6.50. The Morgan fingerprint density at radius 2 is 0.982 bits per heavy atom. The van der Waals surface area contributed by atoms with Crippen LogP contribution in [0.4, 0.5) is 0 Å². The normalized spacial score (nSPS) is 14.5. The minimum Gasteiger partial charge on any atom is -0.455 e. The van der Waals surface area contributed by atoms with Crippen LogP contribution < -0.4 is 0 Å². The molecule has 0 saturated carbocycles. The second-order valence-electron chi connectivity index (χ2n) is 15.0. The minimum absolute atomic E-state index is 0.249. The molecule has 0 radical (unpaired) electrons. The van der Waals surface area contributed by atoms with E-state index in [-0.39, 0.29) is 5.41 Å². The van der Waals surface area contributed by atoms with Crippen molar-refractivity contribution in [2.24, 2.45) is 0 Å². The number of fused-ring (bicyclic) bond motifs is 6. The highest BCUT2D eigenvalue weighted by atomic mass is 16.3. The van der Waals surface area contributed by atoms with Crippen LogP contribution in [0.5, 0.6) is 0 Å². The molecule has 10 aromatic rings. The highest BCUT2D eigenvalue weighted by molar-refractivity contribution is 6.10. The average molecular weight is 729 g/mol. The van der Waals surface area contributed by atoms with E-state index in [0.717, 1.165) is 66.7 Å². The quantitative estimate of drug-likeness (QED) is 0.171. The molecule has 8 aromatic carbocycles. The largest absolute Gasteiger partial charge is 0.455 e. The van der Waals surface area contributed by atoms with Crippen molar-refractivity contribution in [3.8, 4) is 67.3 Å². The number of hydrogen-bond acceptors (Lipinski definition) is 3. The van der Waals surface area contributed by atoms with Gasteiger partial charge in [-0.15, -0.1) is 0 Å². The molecule has 0 saturated heterocycles. The van der Waals surface area contributed by atoms with Crippen LogP contribution in [0.15, 0.2) is 205 Å². The summed E-state index contributed by atoms with van der Waals surface area (Å²) in [5, 5.41) is 2.21. The van der Waals surface area contributed by atoms with E-state index >= 15 is 0 Å². The van der Waals surface area contributed by atoms with Crippen molar-refractivity contribution in [3.05, 3.63) is 217 Å². The fraction of sp³-hybridized carbons (Fsp3) is 0.0370. The van der Waals surface area contributed by atoms with Gasteiger partial charge in [0.25, 0.3) is 0 Å². The van der Waals surface area contributed by atoms with Gasteiger partial charge in [0.1, 0.15) is 11.2 Å². The van der Waals surface area contributed by atoms with Crippen molar-refractivity contribution in [1.29, 1.82) is 0 Å². The first kappa shape index (κ1) is 33.0. The van der Waals surface area contributed by atoms with E-state index in [2.05, 4.69) is 177 Å². The van der Waals surface area contributed by atoms with Gasteiger partial charge in [-0.3, -0.25) is 0 Å². The first-order chi connectivity index (χ1) is 28.1. The van der Waals surface area contributed by atoms with E-state index in [0.29, 0.717) is 5.82 Å². The van der Waals surface area contributed by atoms with Gasteiger partial charge in [0.15, 0.2) is 5.82 Å². The van der Waals surface area contributed by atoms with E-state index in [4.69, 9.17) is 14.4 Å². The van der Waals surface area contributed by atoms with Crippen LogP contribution in [0, 0.1) is 0 Å². The summed E-state index contributed by atoms with van der Waals surface area (Å²) >= 11 is 0. The van der Waals surface area contributed by atoms with Gasteiger partial charge >= 0.3 is 0 Å². The molecular weight excluding hydrogens is 693 g/mol. The molecule has 0 spiro atoms. The zero-order valence-electron chi connectivity index (χ0n) is 31.4. The van der Waals surface area contributed by atoms with E-state index in [9.17, 15) is 0 Å². The summed E-state index contributed by atoms with van der Waals surface area (Å²) in [6, 6.07) is 71.0. The molecule has 0 fully saturated rings. The van der Waals surface area contributed by atoms with Gasteiger partial charge in [-0.2, -0.15) is 0 Å². The third-order valence-corrected chi connectivity index (χ3v) is 11.8. The Bertz CT molecular complexity index is 3130. The maximum Gasteiger partial charge on any atom is 0.160 e. The molecule has 3 heteroatoms. The van der Waals surface area contributed by atoms with Crippen LogP contribution in [0.3, 0.4) is 0 Å². The summed E-state index contributed by atoms with van der Waals surface area (Å²) < 4.78 is 6.50. The van der Waals surface area contributed by atoms with E-state index < -0.39 is 0 Å². The highest BCUT2D eigenvalue weighted by Crippen LogP contribution is 2.53. The molecule has 1 unspecified atom stereocenters. The van der Waals surface area contributed by atoms with E-state index in [1.165, 1.54) is 33.4 Å². The van der Waals surface area contributed by atoms with Crippen LogP contribution in [0.1, 0.15) is 23.6 Å². The molecule has 0 aliphatic heterocycles. The van der Waals surface area contributed by atoms with E-state index in [1.54, 1.807) is 0 Å². The Morgan fingerprint density at radius 3 is 1.81 bits per heavy atom. The maximum absolute atomic E-state index is 6.50. The Morgan fingerprint density at radius 1 is 0.386 bits per heavy atom. The van der Waals surface area contributed by atoms with Crippen LogP contribution in [-0.4, -0.2) is 9.97 Å². The summed E-state index contributed by atoms with van der Waals surface area (Å²) in [7, 11) is 0. The molecule has 268 valence electrons. The summed E-state index contributed by atoms with van der Waals surface area (Å²) in [6.45, 7) is 2.37. The lowest BCUT2D eigenvalue weighted by atomic mass is 9.74. The molecule has 1 aliphatic rings. The van der Waals surface area contributed by atoms with Crippen LogP contribution in [0.25, 0.3) is 89.2 Å². The zero-order valence-corrected chi connectivity index (χ0v) is 31.4. The van der Waals surface area contributed by atoms with Gasteiger partial charge in [0.05, 0.1) is 11.4 Å². The number of rotatable bonds is 6. The summed E-state index contributed by atoms with van der Waals surface area (Å²) in [4.78, 5) is 10.4. The lowest BCUT2D eigenvalue weighted by Crippen LogP contribution is -2.22. The summed E-state index contributed by atoms with van der Waals surface area (Å²) in [5.74, 6) is 0.683. The van der Waals surface area contributed by atoms with Crippen molar-refractivity contribution in [2.45, 2.75) is 12.3 Å². The molecule has 0 bridgehead atoms. The van der Waals surface area contributed by atoms with E-state index in [1.807, 2.05) is 30.3 Å². The molecule has 0 amide bonds. The monoisotopic (exact) mass is 728 g/mol. The smallest absolute Gasteiger partial charge is 0.160 e. The SMILES string of the molecule is CC1(c2ccccc2)c2ccccc2-c2ccc(-c3ccc(-c4cc(-c5ccccc5-c5cccc6c5oc5ccccc56)nc(-c5ccccc5)n4)cc3)cc21. The number of benzene rings is 8. The lowest BCUT2D eigenvalue weighted by Gasteiger charge is -2.28. The fourth-order valence-corrected chi connectivity index (χ4v) is 8.94. The van der Waals surface area contributed by atoms with Gasteiger partial charge in [0.2, 0.25) is 0 Å². The summed E-state index contributed by atoms with van der Waals surface area (Å²) in [5.41, 5.74) is 17.3. The van der Waals surface area contributed by atoms with Gasteiger partial charge < -0.3 is 4.42 Å². The molecule has 1 atom stereocenters. The summed E-state index contributed by atoms with van der Waals surface area (Å²) in [6.07, 6.45) is 0. The molecule has 2 aromatic heterocycles. The topological polar surface area (TPSA) is 38.9 Å². The van der Waals surface area contributed by atoms with Crippen LogP contribution in [-0.2, 0) is 5.41 Å². The first-order valence-corrected chi connectivity index (χ1v) is 19.5. The van der Waals surface area contributed by atoms with Crippen molar-refractivity contribution in [3.63, 3.8) is 0 Å². The number of furan rings is 1. The molecular formula is C54H36N2O. The second-order valence-corrected chi connectivity index (χ2v) is 15.0. The zero-order chi connectivity index (χ0) is 37.9. The third kappa shape index (κ3) is 5.35. The predicted molar refractivity (Wildman–Crippen MR) is 234 cm³/mol. The van der Waals surface area contributed by atoms with Crippen molar-refractivity contribution in [2.75, 3.05) is 0 Å². The minimum atomic E-state index is -0.249. The third-order valence-electron chi connectivity index (χ3n) is 11.8. The van der Waals surface area contributed by atoms with Gasteiger partial charge in [-0.05, 0) is 69.6 Å². The number of nitrogens with zero attached hydrogens (tertiary/aromatic N) is 2. The standard InChI is InChI=1S/C54H36N2O/c1-54(39-17-6-3-7-18-39)47-25-12-10-20-41(47)42-32-31-38(33-48(42)54)35-27-29-36(30-28-35)49-34-50(56-53(55-49)37-15-4-2-5-16-37)43-21-9-8-19-40(43)45-23-14-24-46-44-22-11-13-26-51(44)57-52(45)46/h2-34H,1H3. The van der Waals surface area contributed by atoms with Crippen molar-refractivity contribution >= 4 is 21.9 Å². The molecule has 0 N–H and O–H groups in total. The predicted octanol–water partition coefficient (Wildman–Crippen LogP) is 14.0. The van der Waals surface area contributed by atoms with Crippen molar-refractivity contribution < 1.29 is 4.42 Å². The van der Waals surface area contributed by atoms with Gasteiger partial charge in [-0.1, -0.05) is 182 Å². The Hall–Kier alpha value is -7.36. The van der Waals surface area contributed by atoms with Crippen LogP contribution in [0.2, 0.25) is 0 Å². The molecule has 57 heavy (non-hydrogen) atoms. The molecule has 1 aliphatic carbocycles. The fourth-order valence-electron chi connectivity index (χ4n) is 8.94. The van der Waals surface area contributed by atoms with Crippen LogP contribution >= 0.6 is 0 Å². The van der Waals surface area contributed by atoms with Gasteiger partial charge in [-0.25, -0.2) is 9.97 Å². The average Bonchev–Trinajstić information content (AvgIpc) is 3.80. The number of para-hydroxylation sites is 2. The first-order valence-electron chi connectivity index (χ1n) is 19.5. The second kappa shape index (κ2) is 13.1. The van der Waals surface area contributed by atoms with Gasteiger partial charge in [0, 0.05) is 38.4 Å². The lowest BCUT2D eigenvalue weighted by molar-refractivity contribution is 0.670. The Labute approximate surface area is 331 Å². The Balaban J connectivity index is 1.02. The highest BCUT2D eigenvalue weighted by Gasteiger charge is 2.40. The number of aromatic nitrogens is 2. The Kier molecular flexibility index (Phi) is 7.61.